The molecule has 0 aromatic heterocycles. The second-order valence-corrected chi connectivity index (χ2v) is 3.39. The number of hydrogen-bond acceptors (Lipinski definition) is 3. The molecule has 1 atom stereocenters. The summed E-state index contributed by atoms with van der Waals surface area (Å²) in [4.78, 5) is 34.9. The summed E-state index contributed by atoms with van der Waals surface area (Å²) in [5.74, 6) is -0.550. The SMILES string of the molecule is CCNC(=O)NC1CCC(=O)N(C)C1=O. The van der Waals surface area contributed by atoms with Gasteiger partial charge in [0.1, 0.15) is 6.04 Å². The van der Waals surface area contributed by atoms with Crippen LogP contribution in [0.5, 0.6) is 0 Å². The minimum atomic E-state index is -0.584. The zero-order chi connectivity index (χ0) is 11.4. The minimum absolute atomic E-state index is 0.200. The Hall–Kier alpha value is -1.59. The van der Waals surface area contributed by atoms with E-state index in [0.717, 1.165) is 4.90 Å². The number of likely N-dealkylation sites (N-methyl/N-ethyl adjacent to an activating group) is 1. The van der Waals surface area contributed by atoms with Gasteiger partial charge in [0.05, 0.1) is 0 Å². The fourth-order valence-electron chi connectivity index (χ4n) is 1.42. The van der Waals surface area contributed by atoms with Crippen LogP contribution in [-0.4, -0.2) is 42.4 Å². The van der Waals surface area contributed by atoms with Gasteiger partial charge in [0.2, 0.25) is 5.91 Å². The van der Waals surface area contributed by atoms with Crippen molar-refractivity contribution < 1.29 is 14.4 Å². The molecule has 4 amide bonds. The van der Waals surface area contributed by atoms with Crippen molar-refractivity contribution in [2.45, 2.75) is 25.8 Å². The second-order valence-electron chi connectivity index (χ2n) is 3.39. The number of carbonyl (C=O) groups excluding carboxylic acids is 3. The molecule has 1 heterocycles. The second kappa shape index (κ2) is 4.77. The van der Waals surface area contributed by atoms with Gasteiger partial charge < -0.3 is 10.6 Å². The Morgan fingerprint density at radius 1 is 1.53 bits per heavy atom. The van der Waals surface area contributed by atoms with E-state index in [0.29, 0.717) is 19.4 Å². The molecule has 0 aromatic rings. The lowest BCUT2D eigenvalue weighted by Crippen LogP contribution is -2.54. The van der Waals surface area contributed by atoms with E-state index < -0.39 is 6.04 Å². The number of urea groups is 1. The summed E-state index contributed by atoms with van der Waals surface area (Å²) >= 11 is 0. The van der Waals surface area contributed by atoms with E-state index in [1.54, 1.807) is 6.92 Å². The van der Waals surface area contributed by atoms with Crippen molar-refractivity contribution >= 4 is 17.8 Å². The number of rotatable bonds is 2. The number of imide groups is 1. The molecular weight excluding hydrogens is 198 g/mol. The molecule has 1 saturated heterocycles. The molecule has 0 spiro atoms. The van der Waals surface area contributed by atoms with Crippen molar-refractivity contribution in [2.75, 3.05) is 13.6 Å². The Morgan fingerprint density at radius 3 is 2.80 bits per heavy atom. The molecule has 0 aromatic carbocycles. The highest BCUT2D eigenvalue weighted by atomic mass is 16.2. The third kappa shape index (κ3) is 2.68. The maximum atomic E-state index is 11.5. The molecule has 0 radical (unpaired) electrons. The molecule has 0 bridgehead atoms. The Morgan fingerprint density at radius 2 is 2.20 bits per heavy atom. The Labute approximate surface area is 88.0 Å². The average Bonchev–Trinajstić information content (AvgIpc) is 2.20. The van der Waals surface area contributed by atoms with Crippen LogP contribution in [0.15, 0.2) is 0 Å². The van der Waals surface area contributed by atoms with E-state index >= 15 is 0 Å². The van der Waals surface area contributed by atoms with Crippen LogP contribution in [0.4, 0.5) is 4.79 Å². The lowest BCUT2D eigenvalue weighted by molar-refractivity contribution is -0.147. The molecule has 1 aliphatic heterocycles. The highest BCUT2D eigenvalue weighted by molar-refractivity contribution is 6.01. The van der Waals surface area contributed by atoms with Gasteiger partial charge in [-0.2, -0.15) is 0 Å². The predicted octanol–water partition coefficient (Wildman–Crippen LogP) is -0.547. The van der Waals surface area contributed by atoms with Crippen LogP contribution in [0.25, 0.3) is 0 Å². The van der Waals surface area contributed by atoms with Crippen LogP contribution in [-0.2, 0) is 9.59 Å². The van der Waals surface area contributed by atoms with E-state index in [9.17, 15) is 14.4 Å². The maximum absolute atomic E-state index is 11.5. The van der Waals surface area contributed by atoms with Gasteiger partial charge in [-0.15, -0.1) is 0 Å². The molecule has 0 aliphatic carbocycles. The van der Waals surface area contributed by atoms with Gasteiger partial charge in [0.15, 0.2) is 0 Å². The molecule has 1 fully saturated rings. The van der Waals surface area contributed by atoms with Crippen molar-refractivity contribution in [1.29, 1.82) is 0 Å². The zero-order valence-corrected chi connectivity index (χ0v) is 8.87. The van der Waals surface area contributed by atoms with Crippen LogP contribution >= 0.6 is 0 Å². The third-order valence-electron chi connectivity index (χ3n) is 2.29. The van der Waals surface area contributed by atoms with E-state index in [1.165, 1.54) is 7.05 Å². The molecule has 0 saturated carbocycles. The van der Waals surface area contributed by atoms with Gasteiger partial charge in [-0.3, -0.25) is 14.5 Å². The van der Waals surface area contributed by atoms with Gasteiger partial charge in [0.25, 0.3) is 5.91 Å². The summed E-state index contributed by atoms with van der Waals surface area (Å²) in [6.07, 6.45) is 0.665. The quantitative estimate of drug-likeness (QED) is 0.604. The van der Waals surface area contributed by atoms with Gasteiger partial charge in [-0.1, -0.05) is 0 Å². The largest absolute Gasteiger partial charge is 0.338 e. The summed E-state index contributed by atoms with van der Waals surface area (Å²) in [7, 11) is 1.43. The van der Waals surface area contributed by atoms with Crippen LogP contribution in [0, 0.1) is 0 Å². The fraction of sp³-hybridized carbons (Fsp3) is 0.667. The molecule has 15 heavy (non-hydrogen) atoms. The molecule has 1 unspecified atom stereocenters. The maximum Gasteiger partial charge on any atom is 0.315 e. The highest BCUT2D eigenvalue weighted by Gasteiger charge is 2.32. The van der Waals surface area contributed by atoms with Crippen LogP contribution < -0.4 is 10.6 Å². The van der Waals surface area contributed by atoms with Gasteiger partial charge in [-0.25, -0.2) is 4.79 Å². The van der Waals surface area contributed by atoms with Crippen molar-refractivity contribution in [3.05, 3.63) is 0 Å². The Balaban J connectivity index is 2.53. The summed E-state index contributed by atoms with van der Waals surface area (Å²) < 4.78 is 0. The third-order valence-corrected chi connectivity index (χ3v) is 2.29. The number of amides is 4. The van der Waals surface area contributed by atoms with Crippen molar-refractivity contribution in [2.24, 2.45) is 0 Å². The topological polar surface area (TPSA) is 78.5 Å². The van der Waals surface area contributed by atoms with Crippen LogP contribution in [0.1, 0.15) is 19.8 Å². The molecule has 1 aliphatic rings. The standard InChI is InChI=1S/C9H15N3O3/c1-3-10-9(15)11-6-4-5-7(13)12(2)8(6)14/h6H,3-5H2,1-2H3,(H2,10,11,15). The van der Waals surface area contributed by atoms with Crippen molar-refractivity contribution in [3.63, 3.8) is 0 Å². The van der Waals surface area contributed by atoms with E-state index in [-0.39, 0.29) is 17.8 Å². The smallest absolute Gasteiger partial charge is 0.315 e. The van der Waals surface area contributed by atoms with E-state index in [4.69, 9.17) is 0 Å². The summed E-state index contributed by atoms with van der Waals surface area (Å²) in [5.41, 5.74) is 0. The molecular formula is C9H15N3O3. The molecule has 6 nitrogen and oxygen atoms in total. The van der Waals surface area contributed by atoms with Gasteiger partial charge >= 0.3 is 6.03 Å². The number of nitrogens with zero attached hydrogens (tertiary/aromatic N) is 1. The van der Waals surface area contributed by atoms with Crippen LogP contribution in [0.3, 0.4) is 0 Å². The van der Waals surface area contributed by atoms with Gasteiger partial charge in [-0.05, 0) is 13.3 Å². The first-order valence-corrected chi connectivity index (χ1v) is 4.91. The lowest BCUT2D eigenvalue weighted by atomic mass is 10.1. The summed E-state index contributed by atoms with van der Waals surface area (Å²) in [6, 6.07) is -0.960. The first-order valence-electron chi connectivity index (χ1n) is 4.91. The number of nitrogens with one attached hydrogen (secondary N) is 2. The summed E-state index contributed by atoms with van der Waals surface area (Å²) in [5, 5.41) is 5.06. The number of carbonyl (C=O) groups is 3. The van der Waals surface area contributed by atoms with Crippen LogP contribution in [0.2, 0.25) is 0 Å². The zero-order valence-electron chi connectivity index (χ0n) is 8.87. The van der Waals surface area contributed by atoms with Gasteiger partial charge in [0, 0.05) is 20.0 Å². The fourth-order valence-corrected chi connectivity index (χ4v) is 1.42. The lowest BCUT2D eigenvalue weighted by Gasteiger charge is -2.28. The Kier molecular flexibility index (Phi) is 3.65. The molecule has 84 valence electrons. The Bertz CT molecular complexity index is 290. The average molecular weight is 213 g/mol. The monoisotopic (exact) mass is 213 g/mol. The first-order chi connectivity index (χ1) is 7.06. The highest BCUT2D eigenvalue weighted by Crippen LogP contribution is 2.10. The van der Waals surface area contributed by atoms with Crippen molar-refractivity contribution in [3.8, 4) is 0 Å². The number of likely N-dealkylation sites (tertiary alicyclic amines) is 1. The van der Waals surface area contributed by atoms with Crippen molar-refractivity contribution in [1.82, 2.24) is 15.5 Å². The number of piperidine rings is 1. The molecule has 6 heteroatoms. The minimum Gasteiger partial charge on any atom is -0.338 e. The number of hydrogen-bond donors (Lipinski definition) is 2. The first kappa shape index (κ1) is 11.5. The van der Waals surface area contributed by atoms with E-state index in [1.807, 2.05) is 0 Å². The normalized spacial score (nSPS) is 21.5. The van der Waals surface area contributed by atoms with E-state index in [2.05, 4.69) is 10.6 Å². The molecule has 1 rings (SSSR count). The molecule has 2 N–H and O–H groups in total. The summed E-state index contributed by atoms with van der Waals surface area (Å²) in [6.45, 7) is 2.29. The predicted molar refractivity (Wildman–Crippen MR) is 53.0 cm³/mol.